The number of rotatable bonds is 4. The highest BCUT2D eigenvalue weighted by Gasteiger charge is 2.32. The van der Waals surface area contributed by atoms with Crippen molar-refractivity contribution in [3.8, 4) is 0 Å². The maximum Gasteiger partial charge on any atom is 0.391 e. The molecule has 12 heavy (non-hydrogen) atoms. The second-order valence-corrected chi connectivity index (χ2v) is 2.55. The molecule has 0 aromatic carbocycles. The molecule has 2 unspecified atom stereocenters. The van der Waals surface area contributed by atoms with E-state index in [2.05, 4.69) is 4.18 Å². The Balaban J connectivity index is 3.60. The highest BCUT2D eigenvalue weighted by atomic mass is 32.2. The lowest BCUT2D eigenvalue weighted by atomic mass is 10.3. The van der Waals surface area contributed by atoms with Gasteiger partial charge in [0.1, 0.15) is 6.17 Å². The van der Waals surface area contributed by atoms with Gasteiger partial charge in [-0.2, -0.15) is 13.2 Å². The summed E-state index contributed by atoms with van der Waals surface area (Å²) in [5, 5.41) is 0. The minimum atomic E-state index is -4.65. The Labute approximate surface area is 68.2 Å². The van der Waals surface area contributed by atoms with E-state index in [4.69, 9.17) is 0 Å². The van der Waals surface area contributed by atoms with Gasteiger partial charge in [-0.05, 0) is 0 Å². The zero-order valence-corrected chi connectivity index (χ0v) is 6.45. The molecule has 0 heterocycles. The summed E-state index contributed by atoms with van der Waals surface area (Å²) in [6.45, 7) is -1.10. The largest absolute Gasteiger partial charge is 0.750 e. The van der Waals surface area contributed by atoms with Crippen LogP contribution in [0.1, 0.15) is 6.42 Å². The molecule has 0 aromatic heterocycles. The molecule has 0 aromatic rings. The molecule has 0 spiro atoms. The molecule has 8 heteroatoms. The van der Waals surface area contributed by atoms with Crippen LogP contribution in [0.3, 0.4) is 0 Å². The third kappa shape index (κ3) is 7.89. The number of hydrogen-bond donors (Lipinski definition) is 0. The Hall–Kier alpha value is -0.210. The van der Waals surface area contributed by atoms with Gasteiger partial charge in [-0.3, -0.25) is 4.18 Å². The Morgan fingerprint density at radius 2 is 2.00 bits per heavy atom. The molecule has 3 nitrogen and oxygen atoms in total. The average molecular weight is 209 g/mol. The molecule has 0 N–H and O–H groups in total. The molecule has 2 atom stereocenters. The van der Waals surface area contributed by atoms with E-state index in [1.807, 2.05) is 0 Å². The van der Waals surface area contributed by atoms with E-state index in [9.17, 15) is 26.3 Å². The van der Waals surface area contributed by atoms with Crippen LogP contribution in [-0.2, 0) is 15.5 Å². The zero-order chi connectivity index (χ0) is 9.78. The van der Waals surface area contributed by atoms with Crippen molar-refractivity contribution in [1.29, 1.82) is 0 Å². The first-order chi connectivity index (χ1) is 5.31. The molecule has 0 aliphatic carbocycles. The van der Waals surface area contributed by atoms with E-state index in [-0.39, 0.29) is 0 Å². The van der Waals surface area contributed by atoms with Crippen molar-refractivity contribution in [1.82, 2.24) is 0 Å². The summed E-state index contributed by atoms with van der Waals surface area (Å²) in [7, 11) is 0. The first-order valence-electron chi connectivity index (χ1n) is 2.74. The van der Waals surface area contributed by atoms with E-state index in [0.717, 1.165) is 0 Å². The highest BCUT2D eigenvalue weighted by molar-refractivity contribution is 7.74. The van der Waals surface area contributed by atoms with Gasteiger partial charge in [-0.1, -0.05) is 0 Å². The van der Waals surface area contributed by atoms with Crippen LogP contribution in [-0.4, -0.2) is 27.7 Å². The molecule has 0 rings (SSSR count). The van der Waals surface area contributed by atoms with Crippen molar-refractivity contribution >= 4 is 11.4 Å². The third-order valence-corrected chi connectivity index (χ3v) is 1.13. The zero-order valence-electron chi connectivity index (χ0n) is 5.64. The summed E-state index contributed by atoms with van der Waals surface area (Å²) < 4.78 is 69.1. The maximum absolute atomic E-state index is 12.1. The van der Waals surface area contributed by atoms with Gasteiger partial charge < -0.3 is 4.55 Å². The lowest BCUT2D eigenvalue weighted by Crippen LogP contribution is -2.20. The number of halogens is 4. The van der Waals surface area contributed by atoms with Gasteiger partial charge in [0.2, 0.25) is 0 Å². The predicted octanol–water partition coefficient (Wildman–Crippen LogP) is 1.09. The fourth-order valence-corrected chi connectivity index (χ4v) is 0.698. The smallest absolute Gasteiger partial charge is 0.391 e. The molecule has 0 bridgehead atoms. The first kappa shape index (κ1) is 11.8. The lowest BCUT2D eigenvalue weighted by molar-refractivity contribution is -0.148. The summed E-state index contributed by atoms with van der Waals surface area (Å²) in [6, 6.07) is 0. The molecule has 0 aliphatic heterocycles. The van der Waals surface area contributed by atoms with Crippen molar-refractivity contribution < 1.29 is 30.5 Å². The molecule has 0 aliphatic rings. The van der Waals surface area contributed by atoms with Gasteiger partial charge in [0.25, 0.3) is 0 Å². The summed E-state index contributed by atoms with van der Waals surface area (Å²) in [5.41, 5.74) is 0. The van der Waals surface area contributed by atoms with Crippen molar-refractivity contribution in [3.05, 3.63) is 0 Å². The Bertz CT molecular complexity index is 159. The molecular formula is C4H5F4O3S-. The Morgan fingerprint density at radius 3 is 2.33 bits per heavy atom. The predicted molar refractivity (Wildman–Crippen MR) is 30.4 cm³/mol. The van der Waals surface area contributed by atoms with E-state index < -0.39 is 36.7 Å². The van der Waals surface area contributed by atoms with Crippen LogP contribution in [0.25, 0.3) is 0 Å². The summed E-state index contributed by atoms with van der Waals surface area (Å²) in [6.07, 6.45) is -8.69. The second-order valence-electron chi connectivity index (χ2n) is 1.91. The minimum absolute atomic E-state index is 1.10. The van der Waals surface area contributed by atoms with Crippen molar-refractivity contribution in [2.75, 3.05) is 6.61 Å². The van der Waals surface area contributed by atoms with E-state index >= 15 is 0 Å². The first-order valence-corrected chi connectivity index (χ1v) is 3.74. The van der Waals surface area contributed by atoms with Crippen LogP contribution >= 0.6 is 0 Å². The highest BCUT2D eigenvalue weighted by Crippen LogP contribution is 2.22. The standard InChI is InChI=1S/C4H6F4O3S/c5-3(1-4(6,7)8)2-11-12(9)10/h3H,1-2H2,(H,9,10)/p-1. The lowest BCUT2D eigenvalue weighted by Gasteiger charge is -2.11. The van der Waals surface area contributed by atoms with Crippen LogP contribution in [0.4, 0.5) is 17.6 Å². The van der Waals surface area contributed by atoms with Crippen molar-refractivity contribution in [2.24, 2.45) is 0 Å². The minimum Gasteiger partial charge on any atom is -0.750 e. The van der Waals surface area contributed by atoms with Gasteiger partial charge in [0.05, 0.1) is 24.4 Å². The Morgan fingerprint density at radius 1 is 1.50 bits per heavy atom. The molecule has 0 fully saturated rings. The average Bonchev–Trinajstić information content (AvgIpc) is 1.79. The SMILES string of the molecule is O=S([O-])OCC(F)CC(F)(F)F. The monoisotopic (exact) mass is 209 g/mol. The fourth-order valence-electron chi connectivity index (χ4n) is 0.439. The third-order valence-electron chi connectivity index (χ3n) is 0.798. The van der Waals surface area contributed by atoms with Gasteiger partial charge >= 0.3 is 6.18 Å². The number of alkyl halides is 4. The van der Waals surface area contributed by atoms with Gasteiger partial charge in [-0.25, -0.2) is 8.60 Å². The van der Waals surface area contributed by atoms with Gasteiger partial charge in [-0.15, -0.1) is 0 Å². The van der Waals surface area contributed by atoms with E-state index in [0.29, 0.717) is 0 Å². The molecule has 74 valence electrons. The summed E-state index contributed by atoms with van der Waals surface area (Å²) in [4.78, 5) is 0. The normalized spacial score (nSPS) is 17.4. The van der Waals surface area contributed by atoms with Gasteiger partial charge in [0.15, 0.2) is 0 Å². The maximum atomic E-state index is 12.1. The fraction of sp³-hybridized carbons (Fsp3) is 1.00. The van der Waals surface area contributed by atoms with Crippen molar-refractivity contribution in [2.45, 2.75) is 18.8 Å². The number of hydrogen-bond acceptors (Lipinski definition) is 3. The van der Waals surface area contributed by atoms with E-state index in [1.54, 1.807) is 0 Å². The Kier molecular flexibility index (Phi) is 4.64. The van der Waals surface area contributed by atoms with Crippen LogP contribution in [0.5, 0.6) is 0 Å². The van der Waals surface area contributed by atoms with Crippen LogP contribution < -0.4 is 0 Å². The summed E-state index contributed by atoms with van der Waals surface area (Å²) >= 11 is -2.97. The van der Waals surface area contributed by atoms with Crippen LogP contribution in [0.15, 0.2) is 0 Å². The van der Waals surface area contributed by atoms with Crippen LogP contribution in [0.2, 0.25) is 0 Å². The molecular weight excluding hydrogens is 204 g/mol. The van der Waals surface area contributed by atoms with Crippen molar-refractivity contribution in [3.63, 3.8) is 0 Å². The molecule has 0 amide bonds. The van der Waals surface area contributed by atoms with Gasteiger partial charge in [0, 0.05) is 0 Å². The second kappa shape index (κ2) is 4.73. The molecule has 0 radical (unpaired) electrons. The van der Waals surface area contributed by atoms with E-state index in [1.165, 1.54) is 0 Å². The molecule has 0 saturated carbocycles. The molecule has 0 saturated heterocycles. The quantitative estimate of drug-likeness (QED) is 0.514. The summed E-state index contributed by atoms with van der Waals surface area (Å²) in [5.74, 6) is 0. The topological polar surface area (TPSA) is 49.4 Å². The van der Waals surface area contributed by atoms with Crippen LogP contribution in [0, 0.1) is 0 Å².